The van der Waals surface area contributed by atoms with E-state index in [0.717, 1.165) is 19.5 Å². The monoisotopic (exact) mass is 228 g/mol. The van der Waals surface area contributed by atoms with E-state index in [9.17, 15) is 0 Å². The Kier molecular flexibility index (Phi) is 4.51. The van der Waals surface area contributed by atoms with Crippen LogP contribution >= 0.6 is 0 Å². The molecular weight excluding hydrogens is 208 g/mol. The molecule has 0 spiro atoms. The summed E-state index contributed by atoms with van der Waals surface area (Å²) >= 11 is 0. The van der Waals surface area contributed by atoms with Crippen molar-refractivity contribution in [3.05, 3.63) is 42.2 Å². The molecule has 0 aliphatic heterocycles. The third kappa shape index (κ3) is 3.27. The van der Waals surface area contributed by atoms with Gasteiger partial charge in [-0.1, -0.05) is 25.1 Å². The number of hydrogen-bond acceptors (Lipinski definition) is 2. The summed E-state index contributed by atoms with van der Waals surface area (Å²) in [5.41, 5.74) is 1.41. The van der Waals surface area contributed by atoms with Gasteiger partial charge in [-0.15, -0.1) is 0 Å². The van der Waals surface area contributed by atoms with Gasteiger partial charge in [-0.05, 0) is 49.4 Å². The number of rotatable bonds is 6. The SMILES string of the molecule is CCCNCCCc1cccc2ccncc12. The van der Waals surface area contributed by atoms with Gasteiger partial charge < -0.3 is 5.32 Å². The minimum atomic E-state index is 1.10. The topological polar surface area (TPSA) is 24.9 Å². The minimum Gasteiger partial charge on any atom is -0.317 e. The molecule has 90 valence electrons. The fourth-order valence-electron chi connectivity index (χ4n) is 2.10. The number of nitrogens with zero attached hydrogens (tertiary/aromatic N) is 1. The standard InChI is InChI=1S/C15H20N2/c1-2-9-16-10-4-7-13-5-3-6-14-8-11-17-12-15(13)14/h3,5-6,8,11-12,16H,2,4,7,9-10H2,1H3. The van der Waals surface area contributed by atoms with Crippen LogP contribution in [0.5, 0.6) is 0 Å². The lowest BCUT2D eigenvalue weighted by atomic mass is 10.0. The molecule has 0 unspecified atom stereocenters. The van der Waals surface area contributed by atoms with Crippen LogP contribution < -0.4 is 5.32 Å². The highest BCUT2D eigenvalue weighted by Crippen LogP contribution is 2.18. The van der Waals surface area contributed by atoms with Crippen LogP contribution in [0, 0.1) is 0 Å². The smallest absolute Gasteiger partial charge is 0.0349 e. The molecule has 0 atom stereocenters. The molecule has 0 saturated carbocycles. The number of aryl methyl sites for hydroxylation is 1. The summed E-state index contributed by atoms with van der Waals surface area (Å²) in [6, 6.07) is 8.57. The van der Waals surface area contributed by atoms with Crippen molar-refractivity contribution in [2.24, 2.45) is 0 Å². The number of fused-ring (bicyclic) bond motifs is 1. The number of benzene rings is 1. The van der Waals surface area contributed by atoms with Crippen LogP contribution in [-0.4, -0.2) is 18.1 Å². The summed E-state index contributed by atoms with van der Waals surface area (Å²) in [4.78, 5) is 4.22. The summed E-state index contributed by atoms with van der Waals surface area (Å²) in [5.74, 6) is 0. The van der Waals surface area contributed by atoms with Crippen molar-refractivity contribution in [1.29, 1.82) is 0 Å². The van der Waals surface area contributed by atoms with Crippen molar-refractivity contribution in [3.8, 4) is 0 Å². The predicted octanol–water partition coefficient (Wildman–Crippen LogP) is 3.17. The molecule has 17 heavy (non-hydrogen) atoms. The number of hydrogen-bond donors (Lipinski definition) is 1. The summed E-state index contributed by atoms with van der Waals surface area (Å²) in [5, 5.41) is 6.03. The first-order valence-corrected chi connectivity index (χ1v) is 6.44. The lowest BCUT2D eigenvalue weighted by Gasteiger charge is -2.06. The molecule has 1 N–H and O–H groups in total. The van der Waals surface area contributed by atoms with Crippen LogP contribution in [0.25, 0.3) is 10.8 Å². The van der Waals surface area contributed by atoms with Crippen LogP contribution in [0.2, 0.25) is 0 Å². The van der Waals surface area contributed by atoms with Gasteiger partial charge in [0.25, 0.3) is 0 Å². The van der Waals surface area contributed by atoms with Crippen molar-refractivity contribution in [1.82, 2.24) is 10.3 Å². The Morgan fingerprint density at radius 1 is 1.18 bits per heavy atom. The fourth-order valence-corrected chi connectivity index (χ4v) is 2.10. The van der Waals surface area contributed by atoms with Gasteiger partial charge in [0.15, 0.2) is 0 Å². The summed E-state index contributed by atoms with van der Waals surface area (Å²) in [7, 11) is 0. The zero-order valence-electron chi connectivity index (χ0n) is 10.4. The Morgan fingerprint density at radius 2 is 2.12 bits per heavy atom. The van der Waals surface area contributed by atoms with Gasteiger partial charge in [0.2, 0.25) is 0 Å². The van der Waals surface area contributed by atoms with E-state index >= 15 is 0 Å². The van der Waals surface area contributed by atoms with Gasteiger partial charge in [0.1, 0.15) is 0 Å². The highest BCUT2D eigenvalue weighted by Gasteiger charge is 2.00. The molecule has 0 fully saturated rings. The number of aromatic nitrogens is 1. The zero-order chi connectivity index (χ0) is 11.9. The number of pyridine rings is 1. The second-order valence-electron chi connectivity index (χ2n) is 4.37. The summed E-state index contributed by atoms with van der Waals surface area (Å²) in [6.45, 7) is 4.42. The molecular formula is C15H20N2. The zero-order valence-corrected chi connectivity index (χ0v) is 10.4. The maximum Gasteiger partial charge on any atom is 0.0349 e. The van der Waals surface area contributed by atoms with Crippen LogP contribution in [0.4, 0.5) is 0 Å². The Morgan fingerprint density at radius 3 is 3.00 bits per heavy atom. The Hall–Kier alpha value is -1.41. The van der Waals surface area contributed by atoms with Crippen molar-refractivity contribution >= 4 is 10.8 Å². The summed E-state index contributed by atoms with van der Waals surface area (Å²) in [6.07, 6.45) is 7.35. The highest BCUT2D eigenvalue weighted by molar-refractivity contribution is 5.84. The average molecular weight is 228 g/mol. The van der Waals surface area contributed by atoms with E-state index in [-0.39, 0.29) is 0 Å². The van der Waals surface area contributed by atoms with Crippen LogP contribution in [0.15, 0.2) is 36.7 Å². The quantitative estimate of drug-likeness (QED) is 0.768. The molecule has 0 aliphatic rings. The van der Waals surface area contributed by atoms with E-state index in [4.69, 9.17) is 0 Å². The van der Waals surface area contributed by atoms with Gasteiger partial charge in [0.05, 0.1) is 0 Å². The lowest BCUT2D eigenvalue weighted by molar-refractivity contribution is 0.641. The molecule has 2 rings (SSSR count). The Bertz CT molecular complexity index is 460. The van der Waals surface area contributed by atoms with Crippen molar-refractivity contribution in [2.45, 2.75) is 26.2 Å². The molecule has 1 aromatic heterocycles. The average Bonchev–Trinajstić information content (AvgIpc) is 2.39. The molecule has 0 saturated heterocycles. The normalized spacial score (nSPS) is 10.9. The van der Waals surface area contributed by atoms with Gasteiger partial charge in [-0.2, -0.15) is 0 Å². The lowest BCUT2D eigenvalue weighted by Crippen LogP contribution is -2.16. The van der Waals surface area contributed by atoms with E-state index in [2.05, 4.69) is 41.5 Å². The van der Waals surface area contributed by atoms with E-state index < -0.39 is 0 Å². The first-order valence-electron chi connectivity index (χ1n) is 6.44. The van der Waals surface area contributed by atoms with E-state index in [1.807, 2.05) is 12.4 Å². The molecule has 1 heterocycles. The van der Waals surface area contributed by atoms with Crippen molar-refractivity contribution in [2.75, 3.05) is 13.1 Å². The van der Waals surface area contributed by atoms with E-state index in [0.29, 0.717) is 0 Å². The molecule has 2 aromatic rings. The van der Waals surface area contributed by atoms with Crippen LogP contribution in [-0.2, 0) is 6.42 Å². The maximum atomic E-state index is 4.22. The van der Waals surface area contributed by atoms with Crippen LogP contribution in [0.3, 0.4) is 0 Å². The molecule has 0 radical (unpaired) electrons. The third-order valence-electron chi connectivity index (χ3n) is 3.00. The predicted molar refractivity (Wildman–Crippen MR) is 73.2 cm³/mol. The molecule has 2 heteroatoms. The summed E-state index contributed by atoms with van der Waals surface area (Å²) < 4.78 is 0. The Labute approximate surface area is 103 Å². The van der Waals surface area contributed by atoms with Gasteiger partial charge in [-0.25, -0.2) is 0 Å². The molecule has 0 bridgehead atoms. The van der Waals surface area contributed by atoms with E-state index in [1.54, 1.807) is 0 Å². The largest absolute Gasteiger partial charge is 0.317 e. The minimum absolute atomic E-state index is 1.10. The van der Waals surface area contributed by atoms with Gasteiger partial charge >= 0.3 is 0 Å². The maximum absolute atomic E-state index is 4.22. The van der Waals surface area contributed by atoms with Crippen molar-refractivity contribution < 1.29 is 0 Å². The first-order chi connectivity index (χ1) is 8.42. The second-order valence-corrected chi connectivity index (χ2v) is 4.37. The van der Waals surface area contributed by atoms with Gasteiger partial charge in [-0.3, -0.25) is 4.98 Å². The van der Waals surface area contributed by atoms with E-state index in [1.165, 1.54) is 29.2 Å². The fraction of sp³-hybridized carbons (Fsp3) is 0.400. The molecule has 1 aromatic carbocycles. The molecule has 0 amide bonds. The third-order valence-corrected chi connectivity index (χ3v) is 3.00. The van der Waals surface area contributed by atoms with Crippen molar-refractivity contribution in [3.63, 3.8) is 0 Å². The number of nitrogens with one attached hydrogen (secondary N) is 1. The van der Waals surface area contributed by atoms with Crippen LogP contribution in [0.1, 0.15) is 25.3 Å². The highest BCUT2D eigenvalue weighted by atomic mass is 14.8. The molecule has 2 nitrogen and oxygen atoms in total. The molecule has 0 aliphatic carbocycles. The Balaban J connectivity index is 1.98. The van der Waals surface area contributed by atoms with Gasteiger partial charge in [0, 0.05) is 17.8 Å². The second kappa shape index (κ2) is 6.36. The first kappa shape index (κ1) is 12.1.